The van der Waals surface area contributed by atoms with Gasteiger partial charge >= 0.3 is 0 Å². The topological polar surface area (TPSA) is 84.3 Å². The number of aryl methyl sites for hydroxylation is 2. The number of nitrogens with zero attached hydrogens (tertiary/aromatic N) is 2. The molecule has 1 aliphatic heterocycles. The van der Waals surface area contributed by atoms with Gasteiger partial charge in [0.1, 0.15) is 11.5 Å². The van der Waals surface area contributed by atoms with Gasteiger partial charge in [-0.15, -0.1) is 0 Å². The van der Waals surface area contributed by atoms with E-state index >= 15 is 0 Å². The number of amidine groups is 1. The molecule has 4 rings (SSSR count). The zero-order chi connectivity index (χ0) is 27.4. The summed E-state index contributed by atoms with van der Waals surface area (Å²) in [7, 11) is 3.25. The molecule has 0 fully saturated rings. The first-order valence-electron chi connectivity index (χ1n) is 12.5. The summed E-state index contributed by atoms with van der Waals surface area (Å²) in [5.41, 5.74) is 9.63. The van der Waals surface area contributed by atoms with Crippen LogP contribution in [0.1, 0.15) is 47.6 Å². The molecule has 7 nitrogen and oxygen atoms in total. The van der Waals surface area contributed by atoms with E-state index in [0.29, 0.717) is 17.9 Å². The number of fused-ring (bicyclic) bond motifs is 1. The maximum absolute atomic E-state index is 13.7. The molecule has 1 heterocycles. The van der Waals surface area contributed by atoms with Gasteiger partial charge in [0.2, 0.25) is 5.78 Å². The van der Waals surface area contributed by atoms with Gasteiger partial charge in [-0.2, -0.15) is 5.10 Å². The minimum Gasteiger partial charge on any atom is -0.496 e. The Balaban J connectivity index is 1.66. The minimum atomic E-state index is -0.517. The Hall–Kier alpha value is -3.65. The Morgan fingerprint density at radius 3 is 2.50 bits per heavy atom. The van der Waals surface area contributed by atoms with Crippen LogP contribution >= 0.6 is 15.9 Å². The van der Waals surface area contributed by atoms with E-state index in [0.717, 1.165) is 32.6 Å². The number of rotatable bonds is 7. The summed E-state index contributed by atoms with van der Waals surface area (Å²) in [6.07, 6.45) is 2.15. The summed E-state index contributed by atoms with van der Waals surface area (Å²) in [5, 5.41) is 7.80. The molecule has 0 aromatic heterocycles. The second kappa shape index (κ2) is 11.8. The highest BCUT2D eigenvalue weighted by atomic mass is 79.9. The number of Topliss-reactive ketones (excluding diaryl/α,β-unsaturated/α-hetero) is 1. The maximum Gasteiger partial charge on any atom is 0.221 e. The lowest BCUT2D eigenvalue weighted by atomic mass is 9.98. The molecule has 38 heavy (non-hydrogen) atoms. The molecular formula is C30H33BrN4O3. The summed E-state index contributed by atoms with van der Waals surface area (Å²) in [6.45, 7) is 8.35. The van der Waals surface area contributed by atoms with E-state index in [1.807, 2.05) is 30.3 Å². The van der Waals surface area contributed by atoms with Gasteiger partial charge in [0.15, 0.2) is 5.84 Å². The Morgan fingerprint density at radius 1 is 1.05 bits per heavy atom. The van der Waals surface area contributed by atoms with Gasteiger partial charge in [-0.05, 0) is 66.3 Å². The van der Waals surface area contributed by atoms with Crippen molar-refractivity contribution in [3.8, 4) is 11.5 Å². The standard InChI is InChI=1S/C30H33BrN4O3/c1-17(2)23-13-21(27(37-5)15-28(23)38-6)16-32-35-30-29(36)26(12-20-8-7-18(3)19(4)11-20)33-25-14-22(31)9-10-24(25)34-30/h7-11,13-17,26,33H,12H2,1-6H3,(H,34,35). The number of carbonyl (C=O) groups is 1. The van der Waals surface area contributed by atoms with E-state index in [4.69, 9.17) is 9.47 Å². The van der Waals surface area contributed by atoms with Gasteiger partial charge in [0, 0.05) is 22.5 Å². The summed E-state index contributed by atoms with van der Waals surface area (Å²) in [4.78, 5) is 18.3. The monoisotopic (exact) mass is 576 g/mol. The van der Waals surface area contributed by atoms with Gasteiger partial charge in [0.05, 0.1) is 37.9 Å². The molecular weight excluding hydrogens is 544 g/mol. The second-order valence-corrected chi connectivity index (χ2v) is 10.6. The van der Waals surface area contributed by atoms with Crippen molar-refractivity contribution in [2.24, 2.45) is 10.1 Å². The van der Waals surface area contributed by atoms with Crippen molar-refractivity contribution >= 4 is 45.1 Å². The van der Waals surface area contributed by atoms with Gasteiger partial charge in [-0.3, -0.25) is 10.2 Å². The number of methoxy groups -OCH3 is 2. The van der Waals surface area contributed by atoms with Crippen LogP contribution in [0.5, 0.6) is 11.5 Å². The Bertz CT molecular complexity index is 1410. The Labute approximate surface area is 232 Å². The van der Waals surface area contributed by atoms with E-state index in [1.54, 1.807) is 20.4 Å². The largest absolute Gasteiger partial charge is 0.496 e. The first kappa shape index (κ1) is 27.4. The third kappa shape index (κ3) is 6.07. The van der Waals surface area contributed by atoms with Crippen molar-refractivity contribution < 1.29 is 14.3 Å². The zero-order valence-electron chi connectivity index (χ0n) is 22.6. The van der Waals surface area contributed by atoms with Crippen molar-refractivity contribution in [3.05, 3.63) is 80.8 Å². The molecule has 2 N–H and O–H groups in total. The van der Waals surface area contributed by atoms with Crippen LogP contribution in [0.4, 0.5) is 11.4 Å². The van der Waals surface area contributed by atoms with E-state index < -0.39 is 6.04 Å². The number of aliphatic imine (C=N–C) groups is 1. The molecule has 0 amide bonds. The molecule has 3 aromatic carbocycles. The van der Waals surface area contributed by atoms with Crippen LogP contribution in [0.25, 0.3) is 0 Å². The van der Waals surface area contributed by atoms with Crippen LogP contribution in [-0.2, 0) is 11.2 Å². The summed E-state index contributed by atoms with van der Waals surface area (Å²) in [5.74, 6) is 1.62. The number of hydrogen-bond donors (Lipinski definition) is 2. The smallest absolute Gasteiger partial charge is 0.221 e. The molecule has 1 aliphatic rings. The molecule has 3 aromatic rings. The van der Waals surface area contributed by atoms with E-state index in [9.17, 15) is 4.79 Å². The van der Waals surface area contributed by atoms with Gasteiger partial charge in [0.25, 0.3) is 0 Å². The number of hydrazone groups is 1. The van der Waals surface area contributed by atoms with Crippen LogP contribution in [-0.4, -0.2) is 38.1 Å². The summed E-state index contributed by atoms with van der Waals surface area (Å²) < 4.78 is 12.0. The predicted molar refractivity (Wildman–Crippen MR) is 158 cm³/mol. The molecule has 0 aliphatic carbocycles. The fraction of sp³-hybridized carbons (Fsp3) is 0.300. The average molecular weight is 578 g/mol. The van der Waals surface area contributed by atoms with E-state index in [2.05, 4.69) is 82.7 Å². The molecule has 0 radical (unpaired) electrons. The number of benzene rings is 3. The molecule has 0 bridgehead atoms. The normalized spacial score (nSPS) is 15.1. The molecule has 198 valence electrons. The van der Waals surface area contributed by atoms with Crippen molar-refractivity contribution in [1.29, 1.82) is 0 Å². The van der Waals surface area contributed by atoms with E-state index in [-0.39, 0.29) is 17.5 Å². The first-order valence-corrected chi connectivity index (χ1v) is 13.3. The predicted octanol–water partition coefficient (Wildman–Crippen LogP) is 6.47. The SMILES string of the molecule is COc1cc(OC)c(C(C)C)cc1C=NNC1=Nc2ccc(Br)cc2NC(Cc2ccc(C)c(C)c2)C1=O. The van der Waals surface area contributed by atoms with Crippen molar-refractivity contribution in [3.63, 3.8) is 0 Å². The highest BCUT2D eigenvalue weighted by Crippen LogP contribution is 2.33. The zero-order valence-corrected chi connectivity index (χ0v) is 24.1. The van der Waals surface area contributed by atoms with Crippen molar-refractivity contribution in [2.45, 2.75) is 46.1 Å². The number of hydrogen-bond acceptors (Lipinski definition) is 7. The van der Waals surface area contributed by atoms with Crippen LogP contribution < -0.4 is 20.2 Å². The van der Waals surface area contributed by atoms with Crippen LogP contribution in [0, 0.1) is 13.8 Å². The van der Waals surface area contributed by atoms with Crippen LogP contribution in [0.15, 0.2) is 63.1 Å². The highest BCUT2D eigenvalue weighted by molar-refractivity contribution is 9.10. The number of ketones is 1. The summed E-state index contributed by atoms with van der Waals surface area (Å²) in [6, 6.07) is 15.3. The second-order valence-electron chi connectivity index (χ2n) is 9.67. The van der Waals surface area contributed by atoms with Gasteiger partial charge in [-0.1, -0.05) is 48.0 Å². The first-order chi connectivity index (χ1) is 18.2. The van der Waals surface area contributed by atoms with Crippen molar-refractivity contribution in [1.82, 2.24) is 5.43 Å². The van der Waals surface area contributed by atoms with Gasteiger partial charge in [-0.25, -0.2) is 4.99 Å². The number of ether oxygens (including phenoxy) is 2. The molecule has 1 unspecified atom stereocenters. The molecule has 8 heteroatoms. The fourth-order valence-electron chi connectivity index (χ4n) is 4.37. The lowest BCUT2D eigenvalue weighted by molar-refractivity contribution is -0.113. The highest BCUT2D eigenvalue weighted by Gasteiger charge is 2.28. The molecule has 0 saturated carbocycles. The minimum absolute atomic E-state index is 0.167. The third-order valence-corrected chi connectivity index (χ3v) is 7.15. The Kier molecular flexibility index (Phi) is 8.52. The fourth-order valence-corrected chi connectivity index (χ4v) is 4.73. The van der Waals surface area contributed by atoms with Crippen LogP contribution in [0.3, 0.4) is 0 Å². The molecule has 1 atom stereocenters. The van der Waals surface area contributed by atoms with Gasteiger partial charge < -0.3 is 14.8 Å². The lowest BCUT2D eigenvalue weighted by Crippen LogP contribution is -2.40. The molecule has 0 spiro atoms. The van der Waals surface area contributed by atoms with E-state index in [1.165, 1.54) is 11.1 Å². The number of halogens is 1. The quantitative estimate of drug-likeness (QED) is 0.249. The van der Waals surface area contributed by atoms with Crippen LogP contribution in [0.2, 0.25) is 0 Å². The lowest BCUT2D eigenvalue weighted by Gasteiger charge is -2.18. The van der Waals surface area contributed by atoms with Crippen molar-refractivity contribution in [2.75, 3.05) is 19.5 Å². The third-order valence-electron chi connectivity index (χ3n) is 6.66. The Morgan fingerprint density at radius 2 is 1.82 bits per heavy atom. The maximum atomic E-state index is 13.7. The summed E-state index contributed by atoms with van der Waals surface area (Å²) >= 11 is 3.52. The molecule has 0 saturated heterocycles. The number of carbonyl (C=O) groups excluding carboxylic acids is 1. The number of nitrogens with one attached hydrogen (secondary N) is 2. The number of anilines is 1. The average Bonchev–Trinajstić information content (AvgIpc) is 3.01.